The average molecular weight is 461 g/mol. The molecular formula is C24H24N6O2S. The van der Waals surface area contributed by atoms with Gasteiger partial charge < -0.3 is 14.5 Å². The number of amides is 1. The van der Waals surface area contributed by atoms with Gasteiger partial charge in [0.25, 0.3) is 0 Å². The predicted molar refractivity (Wildman–Crippen MR) is 129 cm³/mol. The molecule has 5 rings (SSSR count). The molecule has 1 saturated heterocycles. The number of piperazine rings is 1. The largest absolute Gasteiger partial charge is 0.497 e. The number of benzene rings is 2. The summed E-state index contributed by atoms with van der Waals surface area (Å²) in [4.78, 5) is 17.1. The van der Waals surface area contributed by atoms with Gasteiger partial charge in [-0.15, -0.1) is 10.2 Å². The molecule has 0 radical (unpaired) electrons. The highest BCUT2D eigenvalue weighted by atomic mass is 32.2. The van der Waals surface area contributed by atoms with Crippen LogP contribution in [-0.2, 0) is 4.79 Å². The van der Waals surface area contributed by atoms with E-state index in [-0.39, 0.29) is 5.91 Å². The maximum Gasteiger partial charge on any atom is 0.233 e. The molecule has 1 aliphatic rings. The molecule has 33 heavy (non-hydrogen) atoms. The normalized spacial score (nSPS) is 14.0. The average Bonchev–Trinajstić information content (AvgIpc) is 3.30. The lowest BCUT2D eigenvalue weighted by atomic mass is 10.1. The summed E-state index contributed by atoms with van der Waals surface area (Å²) >= 11 is 1.36. The molecule has 0 aliphatic carbocycles. The molecule has 8 nitrogen and oxygen atoms in total. The van der Waals surface area contributed by atoms with Crippen LogP contribution in [0.3, 0.4) is 0 Å². The summed E-state index contributed by atoms with van der Waals surface area (Å²) in [6, 6.07) is 21.8. The number of carbonyl (C=O) groups excluding carboxylic acids is 1. The van der Waals surface area contributed by atoms with Gasteiger partial charge in [-0.05, 0) is 36.4 Å². The Bertz CT molecular complexity index is 1250. The maximum atomic E-state index is 12.8. The zero-order valence-electron chi connectivity index (χ0n) is 18.3. The Labute approximate surface area is 196 Å². The monoisotopic (exact) mass is 460 g/mol. The first-order valence-electron chi connectivity index (χ1n) is 10.8. The first kappa shape index (κ1) is 21.3. The number of aromatic nitrogens is 4. The van der Waals surface area contributed by atoms with Crippen LogP contribution in [0, 0.1) is 0 Å². The van der Waals surface area contributed by atoms with E-state index >= 15 is 0 Å². The molecule has 4 aromatic rings. The summed E-state index contributed by atoms with van der Waals surface area (Å²) in [6.07, 6.45) is 0. The van der Waals surface area contributed by atoms with E-state index in [9.17, 15) is 4.79 Å². The Hall–Kier alpha value is -3.59. The number of anilines is 1. The van der Waals surface area contributed by atoms with Gasteiger partial charge in [0.15, 0.2) is 5.65 Å². The summed E-state index contributed by atoms with van der Waals surface area (Å²) in [5.41, 5.74) is 3.57. The second-order valence-corrected chi connectivity index (χ2v) is 8.64. The van der Waals surface area contributed by atoms with E-state index in [1.54, 1.807) is 11.6 Å². The van der Waals surface area contributed by atoms with Crippen molar-refractivity contribution in [2.75, 3.05) is 43.9 Å². The Morgan fingerprint density at radius 1 is 0.970 bits per heavy atom. The molecule has 0 unspecified atom stereocenters. The van der Waals surface area contributed by atoms with Crippen molar-refractivity contribution in [3.63, 3.8) is 0 Å². The van der Waals surface area contributed by atoms with Crippen LogP contribution >= 0.6 is 11.8 Å². The molecule has 3 heterocycles. The summed E-state index contributed by atoms with van der Waals surface area (Å²) in [5, 5.41) is 13.7. The highest BCUT2D eigenvalue weighted by Crippen LogP contribution is 2.24. The van der Waals surface area contributed by atoms with Crippen LogP contribution in [0.15, 0.2) is 71.9 Å². The molecule has 0 saturated carbocycles. The lowest BCUT2D eigenvalue weighted by Gasteiger charge is -2.36. The molecule has 2 aromatic carbocycles. The van der Waals surface area contributed by atoms with Gasteiger partial charge in [-0.3, -0.25) is 4.79 Å². The summed E-state index contributed by atoms with van der Waals surface area (Å²) in [6.45, 7) is 3.10. The molecule has 0 spiro atoms. The van der Waals surface area contributed by atoms with Crippen molar-refractivity contribution in [1.82, 2.24) is 24.7 Å². The van der Waals surface area contributed by atoms with Crippen LogP contribution in [0.5, 0.6) is 5.75 Å². The number of fused-ring (bicyclic) bond motifs is 1. The molecule has 0 bridgehead atoms. The number of methoxy groups -OCH3 is 1. The molecule has 1 aliphatic heterocycles. The Morgan fingerprint density at radius 2 is 1.79 bits per heavy atom. The van der Waals surface area contributed by atoms with Crippen molar-refractivity contribution in [3.8, 4) is 17.0 Å². The predicted octanol–water partition coefficient (Wildman–Crippen LogP) is 3.24. The van der Waals surface area contributed by atoms with Gasteiger partial charge in [-0.2, -0.15) is 9.61 Å². The van der Waals surface area contributed by atoms with E-state index in [2.05, 4.69) is 27.2 Å². The highest BCUT2D eigenvalue weighted by Gasteiger charge is 2.22. The van der Waals surface area contributed by atoms with Gasteiger partial charge in [-0.25, -0.2) is 0 Å². The van der Waals surface area contributed by atoms with Crippen molar-refractivity contribution in [2.45, 2.75) is 5.16 Å². The summed E-state index contributed by atoms with van der Waals surface area (Å²) in [5.74, 6) is 1.18. The second kappa shape index (κ2) is 9.50. The number of thioether (sulfide) groups is 1. The number of carbonyl (C=O) groups is 1. The quantitative estimate of drug-likeness (QED) is 0.409. The SMILES string of the molecule is COc1cccc(-c2ccc3nnc(SCC(=O)N4CCN(c5ccccc5)CC4)n3n2)c1. The highest BCUT2D eigenvalue weighted by molar-refractivity contribution is 7.99. The Morgan fingerprint density at radius 3 is 2.58 bits per heavy atom. The Kier molecular flexibility index (Phi) is 6.12. The molecule has 9 heteroatoms. The summed E-state index contributed by atoms with van der Waals surface area (Å²) < 4.78 is 7.01. The lowest BCUT2D eigenvalue weighted by molar-refractivity contribution is -0.128. The fraction of sp³-hybridized carbons (Fsp3) is 0.250. The molecule has 1 fully saturated rings. The number of para-hydroxylation sites is 1. The molecule has 1 amide bonds. The van der Waals surface area contributed by atoms with E-state index in [4.69, 9.17) is 9.84 Å². The maximum absolute atomic E-state index is 12.8. The number of hydrogen-bond donors (Lipinski definition) is 0. The van der Waals surface area contributed by atoms with Crippen molar-refractivity contribution in [1.29, 1.82) is 0 Å². The van der Waals surface area contributed by atoms with Gasteiger partial charge in [-0.1, -0.05) is 42.1 Å². The summed E-state index contributed by atoms with van der Waals surface area (Å²) in [7, 11) is 1.64. The minimum Gasteiger partial charge on any atom is -0.497 e. The topological polar surface area (TPSA) is 75.9 Å². The minimum absolute atomic E-state index is 0.105. The fourth-order valence-corrected chi connectivity index (χ4v) is 4.66. The van der Waals surface area contributed by atoms with E-state index in [1.807, 2.05) is 59.5 Å². The molecular weight excluding hydrogens is 436 g/mol. The number of hydrogen-bond acceptors (Lipinski definition) is 7. The van der Waals surface area contributed by atoms with Crippen LogP contribution in [0.4, 0.5) is 5.69 Å². The Balaban J connectivity index is 1.24. The number of ether oxygens (including phenoxy) is 1. The van der Waals surface area contributed by atoms with Gasteiger partial charge in [0.2, 0.25) is 11.1 Å². The molecule has 2 aromatic heterocycles. The standard InChI is InChI=1S/C24H24N6O2S/c1-32-20-9-5-6-18(16-20)21-10-11-22-25-26-24(30(22)27-21)33-17-23(31)29-14-12-28(13-15-29)19-7-3-2-4-8-19/h2-11,16H,12-15,17H2,1H3. The third-order valence-electron chi connectivity index (χ3n) is 5.68. The number of rotatable bonds is 6. The van der Waals surface area contributed by atoms with Gasteiger partial charge in [0, 0.05) is 37.4 Å². The first-order chi connectivity index (χ1) is 16.2. The molecule has 168 valence electrons. The van der Waals surface area contributed by atoms with E-state index in [1.165, 1.54) is 17.4 Å². The second-order valence-electron chi connectivity index (χ2n) is 7.70. The van der Waals surface area contributed by atoms with Crippen LogP contribution in [0.2, 0.25) is 0 Å². The number of nitrogens with zero attached hydrogens (tertiary/aromatic N) is 6. The third-order valence-corrected chi connectivity index (χ3v) is 6.58. The van der Waals surface area contributed by atoms with Crippen LogP contribution in [-0.4, -0.2) is 69.7 Å². The smallest absolute Gasteiger partial charge is 0.233 e. The van der Waals surface area contributed by atoms with Crippen LogP contribution < -0.4 is 9.64 Å². The van der Waals surface area contributed by atoms with Gasteiger partial charge in [0.1, 0.15) is 5.75 Å². The van der Waals surface area contributed by atoms with Crippen LogP contribution in [0.25, 0.3) is 16.9 Å². The first-order valence-corrected chi connectivity index (χ1v) is 11.8. The molecule has 0 N–H and O–H groups in total. The zero-order valence-corrected chi connectivity index (χ0v) is 19.1. The van der Waals surface area contributed by atoms with Crippen molar-refractivity contribution in [3.05, 3.63) is 66.7 Å². The fourth-order valence-electron chi connectivity index (χ4n) is 3.87. The van der Waals surface area contributed by atoms with Gasteiger partial charge in [0.05, 0.1) is 18.6 Å². The van der Waals surface area contributed by atoms with Crippen LogP contribution in [0.1, 0.15) is 0 Å². The lowest BCUT2D eigenvalue weighted by Crippen LogP contribution is -2.49. The van der Waals surface area contributed by atoms with Crippen molar-refractivity contribution >= 4 is 29.0 Å². The minimum atomic E-state index is 0.105. The van der Waals surface area contributed by atoms with E-state index in [0.717, 1.165) is 30.1 Å². The van der Waals surface area contributed by atoms with Crippen molar-refractivity contribution in [2.24, 2.45) is 0 Å². The van der Waals surface area contributed by atoms with Gasteiger partial charge >= 0.3 is 0 Å². The van der Waals surface area contributed by atoms with E-state index < -0.39 is 0 Å². The molecule has 0 atom stereocenters. The van der Waals surface area contributed by atoms with Crippen molar-refractivity contribution < 1.29 is 9.53 Å². The third kappa shape index (κ3) is 4.63. The van der Waals surface area contributed by atoms with E-state index in [0.29, 0.717) is 29.6 Å². The zero-order chi connectivity index (χ0) is 22.6.